The molecule has 0 saturated carbocycles. The summed E-state index contributed by atoms with van der Waals surface area (Å²) in [5, 5.41) is 10.9. The first-order chi connectivity index (χ1) is 8.20. The minimum atomic E-state index is -1.62. The van der Waals surface area contributed by atoms with Gasteiger partial charge in [-0.3, -0.25) is 14.9 Å². The lowest BCUT2D eigenvalue weighted by atomic mass is 10.2. The normalized spacial score (nSPS) is 10.4. The third-order valence-electron chi connectivity index (χ3n) is 2.03. The van der Waals surface area contributed by atoms with Crippen LogP contribution in [0.5, 0.6) is 0 Å². The van der Waals surface area contributed by atoms with Gasteiger partial charge in [0.05, 0.1) is 4.92 Å². The highest BCUT2D eigenvalue weighted by Crippen LogP contribution is 2.17. The van der Waals surface area contributed by atoms with Gasteiger partial charge in [-0.15, -0.1) is 5.54 Å². The standard InChI is InChI=1S/C12H14N2O3Si/c1-9(15)10-7-12(14(16)17)11(13-8-10)5-6-18(2,3)4/h7-8H,1-4H3. The van der Waals surface area contributed by atoms with E-state index in [4.69, 9.17) is 0 Å². The van der Waals surface area contributed by atoms with Crippen LogP contribution < -0.4 is 0 Å². The summed E-state index contributed by atoms with van der Waals surface area (Å²) >= 11 is 0. The number of hydrogen-bond donors (Lipinski definition) is 0. The topological polar surface area (TPSA) is 73.1 Å². The van der Waals surface area contributed by atoms with Gasteiger partial charge in [-0.2, -0.15) is 0 Å². The Balaban J connectivity index is 3.32. The highest BCUT2D eigenvalue weighted by Gasteiger charge is 2.17. The number of pyridine rings is 1. The fraction of sp³-hybridized carbons (Fsp3) is 0.333. The number of nitrogens with zero attached hydrogens (tertiary/aromatic N) is 2. The Morgan fingerprint density at radius 3 is 2.50 bits per heavy atom. The number of hydrogen-bond acceptors (Lipinski definition) is 4. The van der Waals surface area contributed by atoms with Crippen molar-refractivity contribution in [3.05, 3.63) is 33.6 Å². The minimum absolute atomic E-state index is 0.118. The second kappa shape index (κ2) is 5.10. The third kappa shape index (κ3) is 3.78. The Bertz CT molecular complexity index is 565. The van der Waals surface area contributed by atoms with Crippen molar-refractivity contribution in [3.63, 3.8) is 0 Å². The summed E-state index contributed by atoms with van der Waals surface area (Å²) < 4.78 is 0. The lowest BCUT2D eigenvalue weighted by Crippen LogP contribution is -2.16. The van der Waals surface area contributed by atoms with Gasteiger partial charge < -0.3 is 0 Å². The molecule has 0 bridgehead atoms. The molecule has 1 rings (SSSR count). The van der Waals surface area contributed by atoms with Gasteiger partial charge >= 0.3 is 5.69 Å². The van der Waals surface area contributed by atoms with Crippen molar-refractivity contribution in [1.29, 1.82) is 0 Å². The number of carbonyl (C=O) groups excluding carboxylic acids is 1. The van der Waals surface area contributed by atoms with E-state index >= 15 is 0 Å². The molecule has 0 spiro atoms. The second-order valence-electron chi connectivity index (χ2n) is 4.91. The van der Waals surface area contributed by atoms with Gasteiger partial charge in [-0.25, -0.2) is 4.98 Å². The summed E-state index contributed by atoms with van der Waals surface area (Å²) in [5.74, 6) is 2.49. The summed E-state index contributed by atoms with van der Waals surface area (Å²) in [6.07, 6.45) is 1.32. The van der Waals surface area contributed by atoms with E-state index in [1.807, 2.05) is 19.6 Å². The summed E-state index contributed by atoms with van der Waals surface area (Å²) in [6.45, 7) is 7.45. The molecule has 0 aliphatic heterocycles. The van der Waals surface area contributed by atoms with Crippen molar-refractivity contribution in [1.82, 2.24) is 4.98 Å². The molecule has 6 heteroatoms. The number of ketones is 1. The van der Waals surface area contributed by atoms with Crippen molar-refractivity contribution in [2.24, 2.45) is 0 Å². The van der Waals surface area contributed by atoms with Gasteiger partial charge in [0.1, 0.15) is 8.07 Å². The maximum absolute atomic E-state index is 11.2. The first-order valence-electron chi connectivity index (χ1n) is 5.39. The van der Waals surface area contributed by atoms with E-state index < -0.39 is 13.0 Å². The molecule has 0 atom stereocenters. The first-order valence-corrected chi connectivity index (χ1v) is 8.89. The Morgan fingerprint density at radius 2 is 2.06 bits per heavy atom. The summed E-state index contributed by atoms with van der Waals surface area (Å²) in [4.78, 5) is 25.4. The molecule has 0 aromatic carbocycles. The van der Waals surface area contributed by atoms with Crippen LogP contribution in [0.1, 0.15) is 23.0 Å². The Morgan fingerprint density at radius 1 is 1.44 bits per heavy atom. The molecule has 0 N–H and O–H groups in total. The second-order valence-corrected chi connectivity index (χ2v) is 9.66. The summed E-state index contributed by atoms with van der Waals surface area (Å²) in [5.41, 5.74) is 3.15. The van der Waals surface area contributed by atoms with Gasteiger partial charge in [0, 0.05) is 17.8 Å². The molecular formula is C12H14N2O3Si. The molecule has 1 aromatic rings. The quantitative estimate of drug-likeness (QED) is 0.270. The Kier molecular flexibility index (Phi) is 3.99. The zero-order valence-electron chi connectivity index (χ0n) is 10.8. The van der Waals surface area contributed by atoms with E-state index in [2.05, 4.69) is 16.4 Å². The van der Waals surface area contributed by atoms with E-state index in [0.717, 1.165) is 0 Å². The highest BCUT2D eigenvalue weighted by molar-refractivity contribution is 6.83. The Hall–Kier alpha value is -2.00. The average Bonchev–Trinajstić information content (AvgIpc) is 2.24. The van der Waals surface area contributed by atoms with Crippen LogP contribution in [0.15, 0.2) is 12.3 Å². The SMILES string of the molecule is CC(=O)c1cnc(C#C[Si](C)(C)C)c([N+](=O)[O-])c1. The molecule has 0 unspecified atom stereocenters. The smallest absolute Gasteiger partial charge is 0.294 e. The molecule has 18 heavy (non-hydrogen) atoms. The van der Waals surface area contributed by atoms with Crippen LogP contribution in [0, 0.1) is 21.6 Å². The van der Waals surface area contributed by atoms with E-state index in [9.17, 15) is 14.9 Å². The third-order valence-corrected chi connectivity index (χ3v) is 2.90. The number of nitro groups is 1. The lowest BCUT2D eigenvalue weighted by molar-refractivity contribution is -0.385. The molecule has 0 amide bonds. The zero-order valence-corrected chi connectivity index (χ0v) is 11.8. The number of Topliss-reactive ketones (excluding diaryl/α,β-unsaturated/α-hetero) is 1. The van der Waals surface area contributed by atoms with E-state index in [0.29, 0.717) is 0 Å². The van der Waals surface area contributed by atoms with Gasteiger partial charge in [0.15, 0.2) is 11.5 Å². The largest absolute Gasteiger partial charge is 0.304 e. The highest BCUT2D eigenvalue weighted by atomic mass is 28.3. The molecule has 0 fully saturated rings. The maximum atomic E-state index is 11.2. The van der Waals surface area contributed by atoms with Crippen molar-refractivity contribution in [2.45, 2.75) is 26.6 Å². The van der Waals surface area contributed by atoms with Crippen LogP contribution in [-0.2, 0) is 0 Å². The van der Waals surface area contributed by atoms with Crippen LogP contribution in [0.4, 0.5) is 5.69 Å². The van der Waals surface area contributed by atoms with E-state index in [1.165, 1.54) is 19.2 Å². The fourth-order valence-corrected chi connectivity index (χ4v) is 1.62. The van der Waals surface area contributed by atoms with Gasteiger partial charge in [-0.1, -0.05) is 19.6 Å². The van der Waals surface area contributed by atoms with Crippen molar-refractivity contribution in [2.75, 3.05) is 0 Å². The maximum Gasteiger partial charge on any atom is 0.304 e. The van der Waals surface area contributed by atoms with Gasteiger partial charge in [-0.05, 0) is 12.8 Å². The van der Waals surface area contributed by atoms with E-state index in [-0.39, 0.29) is 22.7 Å². The van der Waals surface area contributed by atoms with Crippen molar-refractivity contribution < 1.29 is 9.72 Å². The van der Waals surface area contributed by atoms with Crippen LogP contribution in [0.2, 0.25) is 19.6 Å². The monoisotopic (exact) mass is 262 g/mol. The van der Waals surface area contributed by atoms with Crippen LogP contribution in [0.25, 0.3) is 0 Å². The predicted octanol–water partition coefficient (Wildman–Crippen LogP) is 2.42. The lowest BCUT2D eigenvalue weighted by Gasteiger charge is -2.03. The molecule has 0 saturated heterocycles. The molecular weight excluding hydrogens is 248 g/mol. The number of rotatable bonds is 2. The van der Waals surface area contributed by atoms with Gasteiger partial charge in [0.25, 0.3) is 0 Å². The minimum Gasteiger partial charge on any atom is -0.294 e. The van der Waals surface area contributed by atoms with Crippen LogP contribution in [-0.4, -0.2) is 23.8 Å². The van der Waals surface area contributed by atoms with Crippen LogP contribution in [0.3, 0.4) is 0 Å². The van der Waals surface area contributed by atoms with Gasteiger partial charge in [0.2, 0.25) is 0 Å². The first kappa shape index (κ1) is 14.1. The fourth-order valence-electron chi connectivity index (χ4n) is 1.13. The number of aromatic nitrogens is 1. The molecule has 0 radical (unpaired) electrons. The summed E-state index contributed by atoms with van der Waals surface area (Å²) in [7, 11) is -1.62. The molecule has 0 aliphatic rings. The van der Waals surface area contributed by atoms with Crippen molar-refractivity contribution >= 4 is 19.5 Å². The molecule has 5 nitrogen and oxygen atoms in total. The predicted molar refractivity (Wildman–Crippen MR) is 71.1 cm³/mol. The zero-order chi connectivity index (χ0) is 13.9. The Labute approximate surface area is 106 Å². The molecule has 1 heterocycles. The molecule has 94 valence electrons. The summed E-state index contributed by atoms with van der Waals surface area (Å²) in [6, 6.07) is 1.23. The van der Waals surface area contributed by atoms with Crippen LogP contribution >= 0.6 is 0 Å². The average molecular weight is 262 g/mol. The van der Waals surface area contributed by atoms with Crippen molar-refractivity contribution in [3.8, 4) is 11.5 Å². The molecule has 1 aromatic heterocycles. The molecule has 0 aliphatic carbocycles. The number of carbonyl (C=O) groups is 1. The van der Waals surface area contributed by atoms with E-state index in [1.54, 1.807) is 0 Å².